The Kier molecular flexibility index (Phi) is 5.89. The Labute approximate surface area is 163 Å². The summed E-state index contributed by atoms with van der Waals surface area (Å²) >= 11 is 0. The number of aromatic nitrogens is 2. The minimum atomic E-state index is -0.511. The highest BCUT2D eigenvalue weighted by atomic mass is 16.2. The lowest BCUT2D eigenvalue weighted by atomic mass is 10.0. The molecule has 0 unspecified atom stereocenters. The summed E-state index contributed by atoms with van der Waals surface area (Å²) in [7, 11) is 0. The number of carbonyl (C=O) groups is 1. The number of benzene rings is 2. The van der Waals surface area contributed by atoms with Gasteiger partial charge in [0.2, 0.25) is 5.91 Å². The van der Waals surface area contributed by atoms with Crippen molar-refractivity contribution in [3.05, 3.63) is 98.8 Å². The molecule has 3 aromatic rings. The third kappa shape index (κ3) is 4.46. The van der Waals surface area contributed by atoms with Crippen LogP contribution in [0.3, 0.4) is 0 Å². The van der Waals surface area contributed by atoms with Crippen LogP contribution in [0.4, 0.5) is 5.69 Å². The van der Waals surface area contributed by atoms with Gasteiger partial charge >= 0.3 is 5.69 Å². The molecule has 1 aromatic heterocycles. The Hall–Kier alpha value is -3.41. The fourth-order valence-corrected chi connectivity index (χ4v) is 3.05. The average molecular weight is 377 g/mol. The van der Waals surface area contributed by atoms with E-state index in [1.54, 1.807) is 0 Å². The van der Waals surface area contributed by atoms with Crippen LogP contribution < -0.4 is 16.6 Å². The minimum Gasteiger partial charge on any atom is -0.324 e. The summed E-state index contributed by atoms with van der Waals surface area (Å²) in [6, 6.07) is 18.3. The van der Waals surface area contributed by atoms with Gasteiger partial charge in [-0.05, 0) is 23.1 Å². The van der Waals surface area contributed by atoms with Crippen molar-refractivity contribution in [3.63, 3.8) is 0 Å². The second-order valence-electron chi connectivity index (χ2n) is 6.93. The van der Waals surface area contributed by atoms with Crippen LogP contribution >= 0.6 is 0 Å². The molecule has 0 atom stereocenters. The fraction of sp³-hybridized carbons (Fsp3) is 0.227. The molecule has 2 aromatic carbocycles. The van der Waals surface area contributed by atoms with Crippen LogP contribution in [0.2, 0.25) is 0 Å². The first-order valence-electron chi connectivity index (χ1n) is 9.18. The highest BCUT2D eigenvalue weighted by Crippen LogP contribution is 2.23. The average Bonchev–Trinajstić information content (AvgIpc) is 2.68. The third-order valence-corrected chi connectivity index (χ3v) is 4.49. The molecule has 6 nitrogen and oxygen atoms in total. The quantitative estimate of drug-likeness (QED) is 0.718. The number of anilines is 1. The van der Waals surface area contributed by atoms with Crippen LogP contribution in [0.1, 0.15) is 30.9 Å². The topological polar surface area (TPSA) is 73.1 Å². The van der Waals surface area contributed by atoms with Gasteiger partial charge in [-0.2, -0.15) is 0 Å². The van der Waals surface area contributed by atoms with Crippen molar-refractivity contribution in [2.24, 2.45) is 0 Å². The third-order valence-electron chi connectivity index (χ3n) is 4.49. The molecule has 28 heavy (non-hydrogen) atoms. The van der Waals surface area contributed by atoms with Gasteiger partial charge in [0.25, 0.3) is 5.56 Å². The number of hydrogen-bond acceptors (Lipinski definition) is 3. The molecular weight excluding hydrogens is 354 g/mol. The Balaban J connectivity index is 1.82. The molecule has 0 saturated heterocycles. The van der Waals surface area contributed by atoms with Crippen LogP contribution in [0.25, 0.3) is 0 Å². The Bertz CT molecular complexity index is 1080. The summed E-state index contributed by atoms with van der Waals surface area (Å²) in [5, 5.41) is 2.82. The molecule has 0 bridgehead atoms. The number of para-hydroxylation sites is 1. The second kappa shape index (κ2) is 8.52. The zero-order valence-electron chi connectivity index (χ0n) is 16.0. The molecule has 0 radical (unpaired) electrons. The molecule has 0 saturated carbocycles. The van der Waals surface area contributed by atoms with E-state index in [0.717, 1.165) is 15.7 Å². The minimum absolute atomic E-state index is 0.235. The van der Waals surface area contributed by atoms with E-state index in [-0.39, 0.29) is 12.5 Å². The first-order valence-corrected chi connectivity index (χ1v) is 9.18. The van der Waals surface area contributed by atoms with E-state index < -0.39 is 17.2 Å². The summed E-state index contributed by atoms with van der Waals surface area (Å²) in [5.74, 6) is -0.177. The number of nitrogens with one attached hydrogen (secondary N) is 1. The molecule has 0 spiro atoms. The van der Waals surface area contributed by atoms with E-state index in [1.807, 2.05) is 68.4 Å². The normalized spacial score (nSPS) is 10.8. The lowest BCUT2D eigenvalue weighted by molar-refractivity contribution is -0.116. The standard InChI is InChI=1S/C22H23N3O3/c1-16(2)18-10-6-7-11-19(18)23-20(26)15-25-21(27)12-13-24(22(25)28)14-17-8-4-3-5-9-17/h3-13,16H,14-15H2,1-2H3,(H,23,26). The molecular formula is C22H23N3O3. The lowest BCUT2D eigenvalue weighted by Crippen LogP contribution is -2.41. The molecule has 1 N–H and O–H groups in total. The van der Waals surface area contributed by atoms with E-state index in [9.17, 15) is 14.4 Å². The van der Waals surface area contributed by atoms with Crippen LogP contribution in [-0.2, 0) is 17.9 Å². The number of rotatable bonds is 6. The van der Waals surface area contributed by atoms with Gasteiger partial charge in [0.1, 0.15) is 6.54 Å². The van der Waals surface area contributed by atoms with Gasteiger partial charge in [-0.3, -0.25) is 18.7 Å². The van der Waals surface area contributed by atoms with Crippen molar-refractivity contribution in [2.75, 3.05) is 5.32 Å². The summed E-state index contributed by atoms with van der Waals surface area (Å²) in [5.41, 5.74) is 1.62. The van der Waals surface area contributed by atoms with E-state index in [0.29, 0.717) is 12.2 Å². The van der Waals surface area contributed by atoms with Gasteiger partial charge in [-0.1, -0.05) is 62.4 Å². The predicted molar refractivity (Wildman–Crippen MR) is 110 cm³/mol. The van der Waals surface area contributed by atoms with Gasteiger partial charge in [0, 0.05) is 18.0 Å². The van der Waals surface area contributed by atoms with Crippen molar-refractivity contribution >= 4 is 11.6 Å². The number of carbonyl (C=O) groups excluding carboxylic acids is 1. The highest BCUT2D eigenvalue weighted by Gasteiger charge is 2.13. The first-order chi connectivity index (χ1) is 13.5. The van der Waals surface area contributed by atoms with Crippen molar-refractivity contribution in [1.29, 1.82) is 0 Å². The molecule has 3 rings (SSSR count). The van der Waals surface area contributed by atoms with Crippen molar-refractivity contribution in [3.8, 4) is 0 Å². The van der Waals surface area contributed by atoms with Crippen molar-refractivity contribution in [1.82, 2.24) is 9.13 Å². The van der Waals surface area contributed by atoms with Crippen LogP contribution in [0, 0.1) is 0 Å². The largest absolute Gasteiger partial charge is 0.331 e. The first kappa shape index (κ1) is 19.4. The van der Waals surface area contributed by atoms with E-state index >= 15 is 0 Å². The van der Waals surface area contributed by atoms with Gasteiger partial charge in [0.15, 0.2) is 0 Å². The maximum Gasteiger partial charge on any atom is 0.331 e. The van der Waals surface area contributed by atoms with E-state index in [1.165, 1.54) is 16.8 Å². The smallest absolute Gasteiger partial charge is 0.324 e. The predicted octanol–water partition coefficient (Wildman–Crippen LogP) is 2.82. The molecule has 0 aliphatic rings. The van der Waals surface area contributed by atoms with Gasteiger partial charge in [0.05, 0.1) is 6.54 Å². The molecule has 0 aliphatic carbocycles. The van der Waals surface area contributed by atoms with Crippen molar-refractivity contribution < 1.29 is 4.79 Å². The Morgan fingerprint density at radius 3 is 2.36 bits per heavy atom. The van der Waals surface area contributed by atoms with Crippen LogP contribution in [0.5, 0.6) is 0 Å². The summed E-state index contributed by atoms with van der Waals surface area (Å²) in [6.07, 6.45) is 1.46. The zero-order chi connectivity index (χ0) is 20.1. The monoisotopic (exact) mass is 377 g/mol. The summed E-state index contributed by atoms with van der Waals surface area (Å²) in [4.78, 5) is 37.4. The molecule has 0 aliphatic heterocycles. The maximum absolute atomic E-state index is 12.7. The lowest BCUT2D eigenvalue weighted by Gasteiger charge is -2.14. The molecule has 6 heteroatoms. The summed E-state index contributed by atoms with van der Waals surface area (Å²) < 4.78 is 2.38. The van der Waals surface area contributed by atoms with Gasteiger partial charge < -0.3 is 5.32 Å². The Morgan fingerprint density at radius 1 is 0.964 bits per heavy atom. The molecule has 144 valence electrons. The number of hydrogen-bond donors (Lipinski definition) is 1. The second-order valence-corrected chi connectivity index (χ2v) is 6.93. The van der Waals surface area contributed by atoms with Crippen LogP contribution in [-0.4, -0.2) is 15.0 Å². The Morgan fingerprint density at radius 2 is 1.64 bits per heavy atom. The zero-order valence-corrected chi connectivity index (χ0v) is 16.0. The van der Waals surface area contributed by atoms with E-state index in [4.69, 9.17) is 0 Å². The van der Waals surface area contributed by atoms with E-state index in [2.05, 4.69) is 5.32 Å². The number of amides is 1. The fourth-order valence-electron chi connectivity index (χ4n) is 3.05. The van der Waals surface area contributed by atoms with Gasteiger partial charge in [-0.15, -0.1) is 0 Å². The van der Waals surface area contributed by atoms with Crippen molar-refractivity contribution in [2.45, 2.75) is 32.9 Å². The molecule has 0 fully saturated rings. The number of nitrogens with zero attached hydrogens (tertiary/aromatic N) is 2. The SMILES string of the molecule is CC(C)c1ccccc1NC(=O)Cn1c(=O)ccn(Cc2ccccc2)c1=O. The highest BCUT2D eigenvalue weighted by molar-refractivity contribution is 5.91. The van der Waals surface area contributed by atoms with Crippen LogP contribution in [0.15, 0.2) is 76.4 Å². The molecule has 1 amide bonds. The maximum atomic E-state index is 12.7. The molecule has 1 heterocycles. The van der Waals surface area contributed by atoms with Gasteiger partial charge in [-0.25, -0.2) is 4.79 Å². The summed E-state index contributed by atoms with van der Waals surface area (Å²) in [6.45, 7) is 4.07.